The predicted molar refractivity (Wildman–Crippen MR) is 104 cm³/mol. The van der Waals surface area contributed by atoms with Crippen LogP contribution in [0.15, 0.2) is 69.6 Å². The number of benzene rings is 2. The van der Waals surface area contributed by atoms with Gasteiger partial charge in [0.25, 0.3) is 0 Å². The first-order valence-electron chi connectivity index (χ1n) is 7.68. The van der Waals surface area contributed by atoms with Gasteiger partial charge < -0.3 is 4.42 Å². The van der Waals surface area contributed by atoms with Crippen molar-refractivity contribution < 1.29 is 8.81 Å². The zero-order valence-electron chi connectivity index (χ0n) is 13.3. The molecule has 0 bridgehead atoms. The highest BCUT2D eigenvalue weighted by atomic mass is 32.2. The standard InChI is InChI=1S/C18H12FN3OS3/c19-13-6-8-14(9-7-13)22-18(24)26-17(21-22)25-11-16-20-10-15(23-16)12-4-2-1-3-5-12/h1-10H,11H2. The average Bonchev–Trinajstić information content (AvgIpc) is 3.28. The predicted octanol–water partition coefficient (Wildman–Crippen LogP) is 5.75. The number of hydrogen-bond donors (Lipinski definition) is 0. The second-order valence-electron chi connectivity index (χ2n) is 5.30. The van der Waals surface area contributed by atoms with Gasteiger partial charge in [0.1, 0.15) is 5.82 Å². The van der Waals surface area contributed by atoms with Crippen LogP contribution in [-0.2, 0) is 5.75 Å². The third-order valence-corrected chi connectivity index (χ3v) is 5.88. The van der Waals surface area contributed by atoms with Gasteiger partial charge in [-0.1, -0.05) is 53.4 Å². The summed E-state index contributed by atoms with van der Waals surface area (Å²) < 4.78 is 21.9. The number of nitrogens with zero attached hydrogens (tertiary/aromatic N) is 3. The van der Waals surface area contributed by atoms with Crippen LogP contribution in [0.1, 0.15) is 5.89 Å². The molecule has 0 atom stereocenters. The fraction of sp³-hybridized carbons (Fsp3) is 0.0556. The van der Waals surface area contributed by atoms with E-state index in [0.29, 0.717) is 15.6 Å². The smallest absolute Gasteiger partial charge is 0.205 e. The molecule has 130 valence electrons. The van der Waals surface area contributed by atoms with Crippen LogP contribution in [0, 0.1) is 9.77 Å². The molecule has 0 saturated carbocycles. The Labute approximate surface area is 162 Å². The second-order valence-corrected chi connectivity index (χ2v) is 8.14. The molecular weight excluding hydrogens is 389 g/mol. The topological polar surface area (TPSA) is 43.9 Å². The number of thioether (sulfide) groups is 1. The molecule has 4 aromatic rings. The number of oxazole rings is 1. The summed E-state index contributed by atoms with van der Waals surface area (Å²) in [6.45, 7) is 0. The molecule has 4 rings (SSSR count). The highest BCUT2D eigenvalue weighted by Crippen LogP contribution is 2.28. The van der Waals surface area contributed by atoms with Crippen molar-refractivity contribution in [3.63, 3.8) is 0 Å². The molecule has 4 nitrogen and oxygen atoms in total. The van der Waals surface area contributed by atoms with Crippen LogP contribution in [0.5, 0.6) is 0 Å². The third-order valence-electron chi connectivity index (χ3n) is 3.53. The Bertz CT molecular complexity index is 1070. The molecule has 26 heavy (non-hydrogen) atoms. The summed E-state index contributed by atoms with van der Waals surface area (Å²) in [5, 5.41) is 4.49. The van der Waals surface area contributed by atoms with Gasteiger partial charge >= 0.3 is 0 Å². The minimum atomic E-state index is -0.289. The zero-order valence-corrected chi connectivity index (χ0v) is 15.8. The van der Waals surface area contributed by atoms with E-state index in [1.54, 1.807) is 23.0 Å². The van der Waals surface area contributed by atoms with Gasteiger partial charge in [0.2, 0.25) is 5.89 Å². The summed E-state index contributed by atoms with van der Waals surface area (Å²) in [5.41, 5.74) is 1.73. The van der Waals surface area contributed by atoms with Gasteiger partial charge in [-0.25, -0.2) is 14.1 Å². The summed E-state index contributed by atoms with van der Waals surface area (Å²) in [4.78, 5) is 4.32. The van der Waals surface area contributed by atoms with Crippen LogP contribution in [0.3, 0.4) is 0 Å². The Hall–Kier alpha value is -2.29. The fourth-order valence-electron chi connectivity index (χ4n) is 2.30. The minimum Gasteiger partial charge on any atom is -0.440 e. The molecule has 0 amide bonds. The highest BCUT2D eigenvalue weighted by molar-refractivity contribution is 8.00. The SMILES string of the molecule is Fc1ccc(-n2nc(SCc3ncc(-c4ccccc4)o3)sc2=S)cc1. The molecule has 0 spiro atoms. The molecule has 8 heteroatoms. The highest BCUT2D eigenvalue weighted by Gasteiger charge is 2.10. The second kappa shape index (κ2) is 7.53. The Morgan fingerprint density at radius 3 is 2.65 bits per heavy atom. The molecule has 2 aromatic carbocycles. The molecule has 0 radical (unpaired) electrons. The van der Waals surface area contributed by atoms with Crippen molar-refractivity contribution in [2.45, 2.75) is 10.1 Å². The summed E-state index contributed by atoms with van der Waals surface area (Å²) in [5.74, 6) is 1.63. The van der Waals surface area contributed by atoms with E-state index >= 15 is 0 Å². The van der Waals surface area contributed by atoms with E-state index in [2.05, 4.69) is 10.1 Å². The van der Waals surface area contributed by atoms with Gasteiger partial charge in [0.15, 0.2) is 14.1 Å². The molecule has 0 unspecified atom stereocenters. The lowest BCUT2D eigenvalue weighted by molar-refractivity contribution is 0.530. The molecule has 0 aliphatic carbocycles. The maximum atomic E-state index is 13.1. The van der Waals surface area contributed by atoms with Gasteiger partial charge in [-0.3, -0.25) is 0 Å². The lowest BCUT2D eigenvalue weighted by Crippen LogP contribution is -1.96. The van der Waals surface area contributed by atoms with Crippen LogP contribution < -0.4 is 0 Å². The van der Waals surface area contributed by atoms with Crippen molar-refractivity contribution in [1.82, 2.24) is 14.8 Å². The molecule has 0 N–H and O–H groups in total. The molecule has 2 aromatic heterocycles. The first-order valence-corrected chi connectivity index (χ1v) is 9.89. The quantitative estimate of drug-likeness (QED) is 0.315. The van der Waals surface area contributed by atoms with Crippen molar-refractivity contribution in [3.05, 3.63) is 76.5 Å². The van der Waals surface area contributed by atoms with Crippen molar-refractivity contribution >= 4 is 35.3 Å². The molecule has 0 fully saturated rings. The summed E-state index contributed by atoms with van der Waals surface area (Å²) in [6.07, 6.45) is 1.73. The van der Waals surface area contributed by atoms with E-state index in [-0.39, 0.29) is 5.82 Å². The fourth-order valence-corrected chi connectivity index (χ4v) is 4.52. The average molecular weight is 402 g/mol. The first kappa shape index (κ1) is 17.1. The first-order chi connectivity index (χ1) is 12.7. The van der Waals surface area contributed by atoms with Crippen LogP contribution in [-0.4, -0.2) is 14.8 Å². The Morgan fingerprint density at radius 1 is 1.12 bits per heavy atom. The molecule has 2 heterocycles. The van der Waals surface area contributed by atoms with Gasteiger partial charge in [0, 0.05) is 5.56 Å². The summed E-state index contributed by atoms with van der Waals surface area (Å²) in [6, 6.07) is 15.9. The molecule has 0 aliphatic heterocycles. The van der Waals surface area contributed by atoms with Gasteiger partial charge in [-0.2, -0.15) is 0 Å². The summed E-state index contributed by atoms with van der Waals surface area (Å²) >= 11 is 8.27. The molecule has 0 aliphatic rings. The molecule has 0 saturated heterocycles. The van der Waals surface area contributed by atoms with Crippen molar-refractivity contribution in [1.29, 1.82) is 0 Å². The van der Waals surface area contributed by atoms with E-state index < -0.39 is 0 Å². The number of rotatable bonds is 5. The van der Waals surface area contributed by atoms with Gasteiger partial charge in [-0.05, 0) is 36.5 Å². The maximum Gasteiger partial charge on any atom is 0.205 e. The third kappa shape index (κ3) is 3.77. The van der Waals surface area contributed by atoms with Crippen molar-refractivity contribution in [3.8, 4) is 17.0 Å². The lowest BCUT2D eigenvalue weighted by atomic mass is 10.2. The van der Waals surface area contributed by atoms with E-state index in [1.807, 2.05) is 30.3 Å². The van der Waals surface area contributed by atoms with Gasteiger partial charge in [-0.15, -0.1) is 5.10 Å². The zero-order chi connectivity index (χ0) is 17.9. The Balaban J connectivity index is 1.47. The van der Waals surface area contributed by atoms with E-state index in [1.165, 1.54) is 35.2 Å². The lowest BCUT2D eigenvalue weighted by Gasteiger charge is -1.99. The van der Waals surface area contributed by atoms with Crippen LogP contribution >= 0.6 is 35.3 Å². The molecular formula is C18H12FN3OS3. The largest absolute Gasteiger partial charge is 0.440 e. The number of halogens is 1. The van der Waals surface area contributed by atoms with Gasteiger partial charge in [0.05, 0.1) is 17.6 Å². The van der Waals surface area contributed by atoms with Crippen molar-refractivity contribution in [2.75, 3.05) is 0 Å². The number of aromatic nitrogens is 3. The van der Waals surface area contributed by atoms with E-state index in [9.17, 15) is 4.39 Å². The van der Waals surface area contributed by atoms with E-state index in [0.717, 1.165) is 21.4 Å². The van der Waals surface area contributed by atoms with E-state index in [4.69, 9.17) is 16.6 Å². The summed E-state index contributed by atoms with van der Waals surface area (Å²) in [7, 11) is 0. The Morgan fingerprint density at radius 2 is 1.88 bits per heavy atom. The van der Waals surface area contributed by atoms with Crippen LogP contribution in [0.4, 0.5) is 4.39 Å². The van der Waals surface area contributed by atoms with Crippen LogP contribution in [0.2, 0.25) is 0 Å². The Kier molecular flexibility index (Phi) is 4.96. The van der Waals surface area contributed by atoms with Crippen LogP contribution in [0.25, 0.3) is 17.0 Å². The maximum absolute atomic E-state index is 13.1. The van der Waals surface area contributed by atoms with Crippen molar-refractivity contribution in [2.24, 2.45) is 0 Å². The normalized spacial score (nSPS) is 11.0. The minimum absolute atomic E-state index is 0.289. The monoisotopic (exact) mass is 401 g/mol. The number of hydrogen-bond acceptors (Lipinski definition) is 6.